The molecular formula is C25H26O4. The summed E-state index contributed by atoms with van der Waals surface area (Å²) in [6.07, 6.45) is -1.18. The zero-order valence-corrected chi connectivity index (χ0v) is 16.2. The summed E-state index contributed by atoms with van der Waals surface area (Å²) in [7, 11) is 0. The Hall–Kier alpha value is -2.50. The molecule has 4 nitrogen and oxygen atoms in total. The highest BCUT2D eigenvalue weighted by Crippen LogP contribution is 2.40. The molecule has 1 heterocycles. The zero-order chi connectivity index (χ0) is 20.1. The van der Waals surface area contributed by atoms with Crippen LogP contribution >= 0.6 is 0 Å². The van der Waals surface area contributed by atoms with E-state index in [0.29, 0.717) is 19.4 Å². The van der Waals surface area contributed by atoms with Crippen molar-refractivity contribution in [2.45, 2.75) is 36.9 Å². The number of rotatable bonds is 6. The number of hydrogen-bond acceptors (Lipinski definition) is 4. The molecule has 0 amide bonds. The largest absolute Gasteiger partial charge is 0.388 e. The lowest BCUT2D eigenvalue weighted by atomic mass is 9.80. The fraction of sp³-hybridized carbons (Fsp3) is 0.280. The molecule has 1 aliphatic heterocycles. The van der Waals surface area contributed by atoms with Gasteiger partial charge in [0.25, 0.3) is 0 Å². The minimum Gasteiger partial charge on any atom is -0.388 e. The average Bonchev–Trinajstić information content (AvgIpc) is 2.79. The minimum absolute atomic E-state index is 0.288. The highest BCUT2D eigenvalue weighted by Gasteiger charge is 2.39. The second-order valence-electron chi connectivity index (χ2n) is 7.38. The molecule has 1 unspecified atom stereocenters. The van der Waals surface area contributed by atoms with E-state index in [0.717, 1.165) is 16.7 Å². The summed E-state index contributed by atoms with van der Waals surface area (Å²) < 4.78 is 12.3. The van der Waals surface area contributed by atoms with Crippen molar-refractivity contribution in [3.05, 3.63) is 108 Å². The topological polar surface area (TPSA) is 58.9 Å². The predicted molar refractivity (Wildman–Crippen MR) is 111 cm³/mol. The highest BCUT2D eigenvalue weighted by molar-refractivity contribution is 5.47. The van der Waals surface area contributed by atoms with Crippen LogP contribution in [0.25, 0.3) is 0 Å². The van der Waals surface area contributed by atoms with E-state index in [-0.39, 0.29) is 6.10 Å². The Morgan fingerprint density at radius 1 is 0.724 bits per heavy atom. The SMILES string of the molecule is OC1CC[C@H](COC(c2ccccc2)(c2ccccc2)c2ccccc2)O[C@H]1O. The van der Waals surface area contributed by atoms with Crippen molar-refractivity contribution in [3.8, 4) is 0 Å². The molecule has 2 N–H and O–H groups in total. The maximum atomic E-state index is 9.90. The Morgan fingerprint density at radius 2 is 1.17 bits per heavy atom. The van der Waals surface area contributed by atoms with Gasteiger partial charge in [0.2, 0.25) is 0 Å². The number of hydrogen-bond donors (Lipinski definition) is 2. The number of aliphatic hydroxyl groups excluding tert-OH is 2. The van der Waals surface area contributed by atoms with Gasteiger partial charge in [-0.1, -0.05) is 91.0 Å². The standard InChI is InChI=1S/C25H26O4/c26-23-17-16-22(29-24(23)27)18-28-25(19-10-4-1-5-11-19,20-12-6-2-7-13-20)21-14-8-3-9-15-21/h1-15,22-24,26-27H,16-18H2/t22-,23?,24-/m1/s1. The van der Waals surface area contributed by atoms with Crippen molar-refractivity contribution in [2.75, 3.05) is 6.61 Å². The van der Waals surface area contributed by atoms with Gasteiger partial charge in [0.1, 0.15) is 11.7 Å². The maximum Gasteiger partial charge on any atom is 0.181 e. The minimum atomic E-state index is -1.17. The molecule has 0 aliphatic carbocycles. The third-order valence-electron chi connectivity index (χ3n) is 5.47. The third kappa shape index (κ3) is 4.11. The van der Waals surface area contributed by atoms with E-state index >= 15 is 0 Å². The molecule has 3 aromatic rings. The summed E-state index contributed by atoms with van der Waals surface area (Å²) >= 11 is 0. The molecule has 150 valence electrons. The molecule has 0 spiro atoms. The van der Waals surface area contributed by atoms with Crippen molar-refractivity contribution in [3.63, 3.8) is 0 Å². The van der Waals surface area contributed by atoms with Crippen LogP contribution in [0.15, 0.2) is 91.0 Å². The molecule has 0 aromatic heterocycles. The van der Waals surface area contributed by atoms with E-state index in [1.807, 2.05) is 54.6 Å². The molecule has 3 aromatic carbocycles. The summed E-state index contributed by atoms with van der Waals surface area (Å²) in [4.78, 5) is 0. The van der Waals surface area contributed by atoms with Gasteiger partial charge in [0.15, 0.2) is 6.29 Å². The Kier molecular flexibility index (Phi) is 6.07. The summed E-state index contributed by atoms with van der Waals surface area (Å²) in [6.45, 7) is 0.294. The fourth-order valence-corrected chi connectivity index (χ4v) is 3.96. The molecule has 4 heteroatoms. The smallest absolute Gasteiger partial charge is 0.181 e. The van der Waals surface area contributed by atoms with Crippen LogP contribution in [0.5, 0.6) is 0 Å². The van der Waals surface area contributed by atoms with Crippen molar-refractivity contribution in [2.24, 2.45) is 0 Å². The molecule has 1 saturated heterocycles. The van der Waals surface area contributed by atoms with Gasteiger partial charge in [-0.15, -0.1) is 0 Å². The summed E-state index contributed by atoms with van der Waals surface area (Å²) in [5.74, 6) is 0. The molecule has 0 radical (unpaired) electrons. The highest BCUT2D eigenvalue weighted by atomic mass is 16.6. The van der Waals surface area contributed by atoms with Crippen LogP contribution in [0.4, 0.5) is 0 Å². The van der Waals surface area contributed by atoms with Crippen molar-refractivity contribution >= 4 is 0 Å². The normalized spacial score (nSPS) is 22.3. The van der Waals surface area contributed by atoms with Gasteiger partial charge in [-0.05, 0) is 29.5 Å². The van der Waals surface area contributed by atoms with E-state index in [1.165, 1.54) is 0 Å². The van der Waals surface area contributed by atoms with Gasteiger partial charge < -0.3 is 19.7 Å². The first kappa shape index (κ1) is 19.8. The van der Waals surface area contributed by atoms with Crippen molar-refractivity contribution in [1.82, 2.24) is 0 Å². The molecule has 1 fully saturated rings. The predicted octanol–water partition coefficient (Wildman–Crippen LogP) is 3.85. The van der Waals surface area contributed by atoms with Gasteiger partial charge >= 0.3 is 0 Å². The summed E-state index contributed by atoms with van der Waals surface area (Å²) in [5, 5.41) is 19.6. The van der Waals surface area contributed by atoms with Gasteiger partial charge in [0, 0.05) is 0 Å². The lowest BCUT2D eigenvalue weighted by molar-refractivity contribution is -0.229. The molecule has 4 rings (SSSR count). The van der Waals surface area contributed by atoms with Gasteiger partial charge in [-0.25, -0.2) is 0 Å². The fourth-order valence-electron chi connectivity index (χ4n) is 3.96. The Labute approximate surface area is 171 Å². The average molecular weight is 390 g/mol. The van der Waals surface area contributed by atoms with E-state index in [9.17, 15) is 10.2 Å². The Balaban J connectivity index is 1.76. The van der Waals surface area contributed by atoms with E-state index in [1.54, 1.807) is 0 Å². The van der Waals surface area contributed by atoms with E-state index in [4.69, 9.17) is 9.47 Å². The molecule has 3 atom stereocenters. The van der Waals surface area contributed by atoms with Crippen LogP contribution in [0.1, 0.15) is 29.5 Å². The molecule has 0 bridgehead atoms. The monoisotopic (exact) mass is 390 g/mol. The Morgan fingerprint density at radius 3 is 1.59 bits per heavy atom. The summed E-state index contributed by atoms with van der Waals surface area (Å²) in [5.41, 5.74) is 2.25. The second-order valence-corrected chi connectivity index (χ2v) is 7.38. The zero-order valence-electron chi connectivity index (χ0n) is 16.2. The lowest BCUT2D eigenvalue weighted by Crippen LogP contribution is -2.43. The van der Waals surface area contributed by atoms with Crippen LogP contribution in [-0.4, -0.2) is 35.3 Å². The first-order chi connectivity index (χ1) is 14.2. The quantitative estimate of drug-likeness (QED) is 0.628. The van der Waals surface area contributed by atoms with Gasteiger partial charge in [0.05, 0.1) is 12.7 Å². The molecular weight excluding hydrogens is 364 g/mol. The molecule has 1 aliphatic rings. The van der Waals surface area contributed by atoms with Crippen LogP contribution in [0, 0.1) is 0 Å². The number of ether oxygens (including phenoxy) is 2. The molecule has 0 saturated carbocycles. The van der Waals surface area contributed by atoms with E-state index < -0.39 is 18.0 Å². The van der Waals surface area contributed by atoms with Gasteiger partial charge in [-0.2, -0.15) is 0 Å². The van der Waals surface area contributed by atoms with E-state index in [2.05, 4.69) is 36.4 Å². The van der Waals surface area contributed by atoms with Crippen LogP contribution in [0.3, 0.4) is 0 Å². The lowest BCUT2D eigenvalue weighted by Gasteiger charge is -2.38. The summed E-state index contributed by atoms with van der Waals surface area (Å²) in [6, 6.07) is 30.5. The maximum absolute atomic E-state index is 9.90. The third-order valence-corrected chi connectivity index (χ3v) is 5.47. The van der Waals surface area contributed by atoms with Crippen molar-refractivity contribution in [1.29, 1.82) is 0 Å². The Bertz CT molecular complexity index is 786. The second kappa shape index (κ2) is 8.89. The first-order valence-corrected chi connectivity index (χ1v) is 10.0. The number of benzene rings is 3. The first-order valence-electron chi connectivity index (χ1n) is 10.0. The van der Waals surface area contributed by atoms with Crippen LogP contribution in [0.2, 0.25) is 0 Å². The van der Waals surface area contributed by atoms with Crippen LogP contribution < -0.4 is 0 Å². The van der Waals surface area contributed by atoms with Gasteiger partial charge in [-0.3, -0.25) is 0 Å². The number of aliphatic hydroxyl groups is 2. The molecule has 29 heavy (non-hydrogen) atoms. The van der Waals surface area contributed by atoms with Crippen molar-refractivity contribution < 1.29 is 19.7 Å². The van der Waals surface area contributed by atoms with Crippen LogP contribution in [-0.2, 0) is 15.1 Å².